The zero-order valence-corrected chi connectivity index (χ0v) is 18.0. The van der Waals surface area contributed by atoms with Crippen molar-refractivity contribution in [1.29, 1.82) is 0 Å². The number of piperidine rings is 1. The number of halogens is 3. The van der Waals surface area contributed by atoms with Crippen molar-refractivity contribution in [3.8, 4) is 0 Å². The molecule has 3 atom stereocenters. The van der Waals surface area contributed by atoms with Crippen LogP contribution in [0.3, 0.4) is 0 Å². The molecule has 0 aromatic heterocycles. The van der Waals surface area contributed by atoms with Crippen molar-refractivity contribution in [2.45, 2.75) is 37.5 Å². The average molecular weight is 457 g/mol. The summed E-state index contributed by atoms with van der Waals surface area (Å²) in [6, 6.07) is 14.8. The van der Waals surface area contributed by atoms with Crippen molar-refractivity contribution in [1.82, 2.24) is 16.0 Å². The average Bonchev–Trinajstić information content (AvgIpc) is 2.83. The van der Waals surface area contributed by atoms with E-state index >= 15 is 0 Å². The molecule has 4 rings (SSSR count). The maximum Gasteiger partial charge on any atom is 0.408 e. The highest BCUT2D eigenvalue weighted by Gasteiger charge is 2.46. The van der Waals surface area contributed by atoms with Gasteiger partial charge in [0.2, 0.25) is 11.8 Å². The summed E-state index contributed by atoms with van der Waals surface area (Å²) in [5, 5.41) is 8.13. The number of nitrogens with one attached hydrogen (secondary N) is 3. The monoisotopic (exact) mass is 457 g/mol. The summed E-state index contributed by atoms with van der Waals surface area (Å²) in [4.78, 5) is 25.3. The summed E-state index contributed by atoms with van der Waals surface area (Å²) in [6.07, 6.45) is -1.89. The van der Waals surface area contributed by atoms with E-state index in [1.165, 1.54) is 5.57 Å². The highest BCUT2D eigenvalue weighted by Crippen LogP contribution is 2.30. The predicted octanol–water partition coefficient (Wildman–Crippen LogP) is 3.73. The third-order valence-electron chi connectivity index (χ3n) is 6.19. The fourth-order valence-electron chi connectivity index (χ4n) is 4.33. The lowest BCUT2D eigenvalue weighted by Gasteiger charge is -2.31. The molecule has 2 aliphatic heterocycles. The van der Waals surface area contributed by atoms with Crippen LogP contribution in [-0.2, 0) is 9.59 Å². The number of hydrogen-bond acceptors (Lipinski definition) is 3. The van der Waals surface area contributed by atoms with Crippen LogP contribution >= 0.6 is 0 Å². The highest BCUT2D eigenvalue weighted by atomic mass is 19.4. The number of amides is 2. The van der Waals surface area contributed by atoms with Crippen LogP contribution in [0, 0.1) is 5.92 Å². The van der Waals surface area contributed by atoms with Crippen molar-refractivity contribution in [2.75, 3.05) is 13.1 Å². The fraction of sp³-hybridized carbons (Fsp3) is 0.360. The van der Waals surface area contributed by atoms with Gasteiger partial charge in [-0.1, -0.05) is 60.7 Å². The maximum absolute atomic E-state index is 13.0. The maximum atomic E-state index is 13.0. The van der Waals surface area contributed by atoms with Crippen molar-refractivity contribution >= 4 is 17.4 Å². The fourth-order valence-corrected chi connectivity index (χ4v) is 4.33. The minimum Gasteiger partial charge on any atom is -0.344 e. The number of benzene rings is 2. The van der Waals surface area contributed by atoms with Crippen LogP contribution in [-0.4, -0.2) is 37.1 Å². The molecule has 1 saturated heterocycles. The van der Waals surface area contributed by atoms with E-state index in [-0.39, 0.29) is 12.8 Å². The van der Waals surface area contributed by atoms with Crippen molar-refractivity contribution in [3.63, 3.8) is 0 Å². The molecule has 0 bridgehead atoms. The van der Waals surface area contributed by atoms with Gasteiger partial charge in [0.25, 0.3) is 0 Å². The molecule has 174 valence electrons. The smallest absolute Gasteiger partial charge is 0.344 e. The summed E-state index contributed by atoms with van der Waals surface area (Å²) in [5.41, 5.74) is 4.03. The largest absolute Gasteiger partial charge is 0.408 e. The van der Waals surface area contributed by atoms with Gasteiger partial charge in [0.05, 0.1) is 6.04 Å². The number of carbonyl (C=O) groups excluding carboxylic acids is 2. The number of carbonyl (C=O) groups is 2. The Balaban J connectivity index is 1.53. The molecule has 0 radical (unpaired) electrons. The highest BCUT2D eigenvalue weighted by molar-refractivity contribution is 6.01. The molecule has 0 aliphatic carbocycles. The predicted molar refractivity (Wildman–Crippen MR) is 119 cm³/mol. The zero-order chi connectivity index (χ0) is 23.4. The van der Waals surface area contributed by atoms with Gasteiger partial charge in [0.15, 0.2) is 0 Å². The number of rotatable bonds is 5. The van der Waals surface area contributed by atoms with Crippen molar-refractivity contribution in [3.05, 3.63) is 77.4 Å². The lowest BCUT2D eigenvalue weighted by molar-refractivity contribution is -0.171. The van der Waals surface area contributed by atoms with Crippen LogP contribution in [0.1, 0.15) is 42.0 Å². The Morgan fingerprint density at radius 1 is 1.00 bits per heavy atom. The summed E-state index contributed by atoms with van der Waals surface area (Å²) in [6.45, 7) is 1.76. The molecule has 2 aromatic carbocycles. The molecule has 3 unspecified atom stereocenters. The van der Waals surface area contributed by atoms with Gasteiger partial charge >= 0.3 is 6.18 Å². The van der Waals surface area contributed by atoms with Gasteiger partial charge in [-0.15, -0.1) is 0 Å². The normalized spacial score (nSPS) is 22.2. The van der Waals surface area contributed by atoms with Crippen molar-refractivity contribution in [2.24, 2.45) is 5.92 Å². The van der Waals surface area contributed by atoms with E-state index in [4.69, 9.17) is 0 Å². The van der Waals surface area contributed by atoms with Gasteiger partial charge in [0.1, 0.15) is 12.0 Å². The minimum atomic E-state index is -4.52. The first-order chi connectivity index (χ1) is 15.8. The molecular formula is C25H26F3N3O2. The Hall–Kier alpha value is -3.13. The van der Waals surface area contributed by atoms with E-state index in [1.807, 2.05) is 59.9 Å². The summed E-state index contributed by atoms with van der Waals surface area (Å²) < 4.78 is 38.8. The van der Waals surface area contributed by atoms with E-state index < -0.39 is 36.0 Å². The molecule has 2 aliphatic rings. The van der Waals surface area contributed by atoms with Crippen LogP contribution < -0.4 is 16.0 Å². The molecule has 3 N–H and O–H groups in total. The first-order valence-electron chi connectivity index (χ1n) is 11.1. The number of alkyl halides is 3. The van der Waals surface area contributed by atoms with Gasteiger partial charge in [-0.05, 0) is 48.1 Å². The summed E-state index contributed by atoms with van der Waals surface area (Å²) in [5.74, 6) is -2.62. The molecule has 33 heavy (non-hydrogen) atoms. The molecule has 8 heteroatoms. The third kappa shape index (κ3) is 5.45. The molecule has 5 nitrogen and oxygen atoms in total. The Morgan fingerprint density at radius 3 is 2.30 bits per heavy atom. The SMILES string of the molecule is O=C(NC(c1ccccc1)c1ccc(C2=CCNCC2)cc1)C1CCC(C(F)(F)F)NC1=O. The van der Waals surface area contributed by atoms with E-state index in [9.17, 15) is 22.8 Å². The molecule has 2 aromatic rings. The first-order valence-corrected chi connectivity index (χ1v) is 11.1. The van der Waals surface area contributed by atoms with Crippen LogP contribution in [0.4, 0.5) is 13.2 Å². The topological polar surface area (TPSA) is 70.2 Å². The first kappa shape index (κ1) is 23.0. The summed E-state index contributed by atoms with van der Waals surface area (Å²) >= 11 is 0. The second-order valence-corrected chi connectivity index (χ2v) is 8.39. The van der Waals surface area contributed by atoms with Crippen molar-refractivity contribution < 1.29 is 22.8 Å². The number of hydrogen-bond donors (Lipinski definition) is 3. The van der Waals surface area contributed by atoms with Gasteiger partial charge in [0, 0.05) is 6.54 Å². The molecule has 0 spiro atoms. The van der Waals surface area contributed by atoms with E-state index in [0.29, 0.717) is 0 Å². The lowest BCUT2D eigenvalue weighted by Crippen LogP contribution is -2.54. The van der Waals surface area contributed by atoms with Gasteiger partial charge < -0.3 is 16.0 Å². The zero-order valence-electron chi connectivity index (χ0n) is 18.0. The molecule has 1 fully saturated rings. The van der Waals surface area contributed by atoms with Crippen LogP contribution in [0.25, 0.3) is 5.57 Å². The Kier molecular flexibility index (Phi) is 6.83. The van der Waals surface area contributed by atoms with Crippen LogP contribution in [0.15, 0.2) is 60.7 Å². The third-order valence-corrected chi connectivity index (χ3v) is 6.19. The molecule has 2 amide bonds. The quantitative estimate of drug-likeness (QED) is 0.600. The standard InChI is InChI=1S/C25H26F3N3O2/c26-25(27,28)21-11-10-20(23(32)30-21)24(33)31-22(18-4-2-1-3-5-18)19-8-6-16(7-9-19)17-12-14-29-15-13-17/h1-9,12,20-22,29H,10-11,13-15H2,(H,30,32)(H,31,33). The molecular weight excluding hydrogens is 431 g/mol. The summed E-state index contributed by atoms with van der Waals surface area (Å²) in [7, 11) is 0. The Bertz CT molecular complexity index is 1020. The van der Waals surface area contributed by atoms with Gasteiger partial charge in [-0.3, -0.25) is 9.59 Å². The lowest BCUT2D eigenvalue weighted by atomic mass is 9.91. The van der Waals surface area contributed by atoms with Gasteiger partial charge in [-0.2, -0.15) is 13.2 Å². The minimum absolute atomic E-state index is 0.148. The Morgan fingerprint density at radius 2 is 1.70 bits per heavy atom. The Labute approximate surface area is 190 Å². The van der Waals surface area contributed by atoms with E-state index in [2.05, 4.69) is 16.7 Å². The van der Waals surface area contributed by atoms with E-state index in [0.717, 1.165) is 36.2 Å². The molecule has 0 saturated carbocycles. The second-order valence-electron chi connectivity index (χ2n) is 8.39. The second kappa shape index (κ2) is 9.79. The van der Waals surface area contributed by atoms with E-state index in [1.54, 1.807) is 0 Å². The van der Waals surface area contributed by atoms with Crippen LogP contribution in [0.2, 0.25) is 0 Å². The van der Waals surface area contributed by atoms with Crippen LogP contribution in [0.5, 0.6) is 0 Å². The van der Waals surface area contributed by atoms with Gasteiger partial charge in [-0.25, -0.2) is 0 Å². The molecule has 2 heterocycles.